The smallest absolute Gasteiger partial charge is 0.166 e. The number of carbonyl (C=O) groups excluding carboxylic acids is 1. The van der Waals surface area contributed by atoms with Gasteiger partial charge >= 0.3 is 0 Å². The molecule has 2 aromatic rings. The second-order valence-corrected chi connectivity index (χ2v) is 3.42. The van der Waals surface area contributed by atoms with Crippen LogP contribution >= 0.6 is 11.6 Å². The van der Waals surface area contributed by atoms with Crippen LogP contribution in [0.1, 0.15) is 10.5 Å². The molecule has 1 aromatic heterocycles. The normalized spacial score (nSPS) is 10.3. The van der Waals surface area contributed by atoms with Crippen molar-refractivity contribution in [3.63, 3.8) is 0 Å². The molecule has 0 atom stereocenters. The van der Waals surface area contributed by atoms with Crippen LogP contribution in [0.3, 0.4) is 0 Å². The van der Waals surface area contributed by atoms with Gasteiger partial charge in [-0.05, 0) is 30.3 Å². The second kappa shape index (κ2) is 3.87. The van der Waals surface area contributed by atoms with Gasteiger partial charge in [0.05, 0.1) is 16.4 Å². The number of aldehydes is 1. The highest BCUT2D eigenvalue weighted by molar-refractivity contribution is 6.32. The Kier molecular flexibility index (Phi) is 2.56. The van der Waals surface area contributed by atoms with Crippen molar-refractivity contribution in [1.82, 2.24) is 4.57 Å². The van der Waals surface area contributed by atoms with E-state index in [2.05, 4.69) is 0 Å². The maximum atomic E-state index is 12.8. The molecule has 1 aromatic carbocycles. The molecule has 0 spiro atoms. The minimum atomic E-state index is -0.399. The molecule has 0 aliphatic carbocycles. The predicted octanol–water partition coefficient (Wildman–Crippen LogP) is 3.08. The fourth-order valence-corrected chi connectivity index (χ4v) is 1.64. The van der Waals surface area contributed by atoms with Gasteiger partial charge in [0.25, 0.3) is 0 Å². The molecule has 0 saturated heterocycles. The third-order valence-corrected chi connectivity index (χ3v) is 2.37. The molecular weight excluding hydrogens is 217 g/mol. The van der Waals surface area contributed by atoms with Crippen LogP contribution in [0.4, 0.5) is 4.39 Å². The lowest BCUT2D eigenvalue weighted by Crippen LogP contribution is -1.98. The van der Waals surface area contributed by atoms with Crippen molar-refractivity contribution in [1.29, 1.82) is 0 Å². The van der Waals surface area contributed by atoms with Gasteiger partial charge in [-0.1, -0.05) is 11.6 Å². The predicted molar refractivity (Wildman–Crippen MR) is 56.1 cm³/mol. The fourth-order valence-electron chi connectivity index (χ4n) is 1.39. The van der Waals surface area contributed by atoms with Gasteiger partial charge in [-0.25, -0.2) is 4.39 Å². The highest BCUT2D eigenvalue weighted by atomic mass is 35.5. The summed E-state index contributed by atoms with van der Waals surface area (Å²) >= 11 is 5.87. The molecular formula is C11H7ClFNO. The summed E-state index contributed by atoms with van der Waals surface area (Å²) < 4.78 is 14.4. The highest BCUT2D eigenvalue weighted by Gasteiger charge is 2.06. The summed E-state index contributed by atoms with van der Waals surface area (Å²) in [6, 6.07) is 7.43. The van der Waals surface area contributed by atoms with Gasteiger partial charge in [0, 0.05) is 6.20 Å². The van der Waals surface area contributed by atoms with E-state index in [1.54, 1.807) is 22.9 Å². The molecule has 2 rings (SSSR count). The lowest BCUT2D eigenvalue weighted by Gasteiger charge is -2.07. The van der Waals surface area contributed by atoms with E-state index >= 15 is 0 Å². The minimum Gasteiger partial charge on any atom is -0.313 e. The average Bonchev–Trinajstić information content (AvgIpc) is 2.65. The summed E-state index contributed by atoms with van der Waals surface area (Å²) in [5, 5.41) is 0.273. The summed E-state index contributed by atoms with van der Waals surface area (Å²) in [5.41, 5.74) is 1.06. The summed E-state index contributed by atoms with van der Waals surface area (Å²) in [7, 11) is 0. The third-order valence-electron chi connectivity index (χ3n) is 2.07. The monoisotopic (exact) mass is 223 g/mol. The lowest BCUT2D eigenvalue weighted by atomic mass is 10.3. The Morgan fingerprint density at radius 1 is 1.33 bits per heavy atom. The molecule has 76 valence electrons. The van der Waals surface area contributed by atoms with Crippen LogP contribution < -0.4 is 0 Å². The zero-order valence-electron chi connectivity index (χ0n) is 7.65. The SMILES string of the molecule is O=Cc1cccn1-c1ccc(F)cc1Cl. The number of carbonyl (C=O) groups is 1. The minimum absolute atomic E-state index is 0.273. The van der Waals surface area contributed by atoms with E-state index in [0.29, 0.717) is 11.4 Å². The van der Waals surface area contributed by atoms with Crippen LogP contribution in [0.25, 0.3) is 5.69 Å². The number of hydrogen-bond donors (Lipinski definition) is 0. The third kappa shape index (κ3) is 1.78. The number of hydrogen-bond acceptors (Lipinski definition) is 1. The molecule has 2 nitrogen and oxygen atoms in total. The summed E-state index contributed by atoms with van der Waals surface area (Å²) in [6.07, 6.45) is 2.42. The van der Waals surface area contributed by atoms with Crippen LogP contribution in [-0.4, -0.2) is 10.9 Å². The van der Waals surface area contributed by atoms with Gasteiger partial charge in [-0.15, -0.1) is 0 Å². The van der Waals surface area contributed by atoms with Crippen molar-refractivity contribution >= 4 is 17.9 Å². The first-order valence-electron chi connectivity index (χ1n) is 4.30. The number of aromatic nitrogens is 1. The first-order valence-corrected chi connectivity index (χ1v) is 4.68. The average molecular weight is 224 g/mol. The number of benzene rings is 1. The van der Waals surface area contributed by atoms with Crippen molar-refractivity contribution < 1.29 is 9.18 Å². The molecule has 15 heavy (non-hydrogen) atoms. The maximum Gasteiger partial charge on any atom is 0.166 e. The van der Waals surface area contributed by atoms with Gasteiger partial charge in [0.1, 0.15) is 5.82 Å². The molecule has 0 aliphatic heterocycles. The van der Waals surface area contributed by atoms with Crippen LogP contribution in [0.15, 0.2) is 36.5 Å². The summed E-state index contributed by atoms with van der Waals surface area (Å²) in [5.74, 6) is -0.399. The van der Waals surface area contributed by atoms with Crippen molar-refractivity contribution in [2.45, 2.75) is 0 Å². The Labute approximate surface area is 90.9 Å². The molecule has 0 aliphatic rings. The van der Waals surface area contributed by atoms with Crippen LogP contribution in [-0.2, 0) is 0 Å². The fraction of sp³-hybridized carbons (Fsp3) is 0. The van der Waals surface area contributed by atoms with Crippen LogP contribution in [0.2, 0.25) is 5.02 Å². The first kappa shape index (κ1) is 9.93. The Morgan fingerprint density at radius 3 is 2.80 bits per heavy atom. The molecule has 0 unspecified atom stereocenters. The zero-order chi connectivity index (χ0) is 10.8. The van der Waals surface area contributed by atoms with Gasteiger partial charge in [0.15, 0.2) is 6.29 Å². The molecule has 1 heterocycles. The molecule has 0 saturated carbocycles. The van der Waals surface area contributed by atoms with Gasteiger partial charge in [-0.2, -0.15) is 0 Å². The van der Waals surface area contributed by atoms with E-state index in [-0.39, 0.29) is 5.02 Å². The molecule has 0 amide bonds. The Balaban J connectivity index is 2.59. The molecule has 0 radical (unpaired) electrons. The molecule has 0 fully saturated rings. The highest BCUT2D eigenvalue weighted by Crippen LogP contribution is 2.22. The quantitative estimate of drug-likeness (QED) is 0.717. The van der Waals surface area contributed by atoms with Gasteiger partial charge in [-0.3, -0.25) is 4.79 Å². The van der Waals surface area contributed by atoms with E-state index in [9.17, 15) is 9.18 Å². The van der Waals surface area contributed by atoms with E-state index in [0.717, 1.165) is 6.29 Å². The van der Waals surface area contributed by atoms with Crippen LogP contribution in [0, 0.1) is 5.82 Å². The van der Waals surface area contributed by atoms with Gasteiger partial charge in [0.2, 0.25) is 0 Å². The van der Waals surface area contributed by atoms with Crippen molar-refractivity contribution in [2.75, 3.05) is 0 Å². The molecule has 0 bridgehead atoms. The lowest BCUT2D eigenvalue weighted by molar-refractivity contribution is 0.111. The van der Waals surface area contributed by atoms with Crippen molar-refractivity contribution in [3.05, 3.63) is 53.1 Å². The Hall–Kier alpha value is -1.61. The maximum absolute atomic E-state index is 12.8. The summed E-state index contributed by atoms with van der Waals surface area (Å²) in [4.78, 5) is 10.7. The molecule has 4 heteroatoms. The Bertz CT molecular complexity index is 507. The Morgan fingerprint density at radius 2 is 2.13 bits per heavy atom. The van der Waals surface area contributed by atoms with E-state index < -0.39 is 5.82 Å². The molecule has 0 N–H and O–H groups in total. The number of rotatable bonds is 2. The zero-order valence-corrected chi connectivity index (χ0v) is 8.41. The second-order valence-electron chi connectivity index (χ2n) is 3.02. The standard InChI is InChI=1S/C11H7ClFNO/c12-10-6-8(13)3-4-11(10)14-5-1-2-9(14)7-15/h1-7H. The van der Waals surface area contributed by atoms with E-state index in [1.165, 1.54) is 18.2 Å². The topological polar surface area (TPSA) is 22.0 Å². The van der Waals surface area contributed by atoms with Crippen LogP contribution in [0.5, 0.6) is 0 Å². The summed E-state index contributed by atoms with van der Waals surface area (Å²) in [6.45, 7) is 0. The van der Waals surface area contributed by atoms with Gasteiger partial charge < -0.3 is 4.57 Å². The van der Waals surface area contributed by atoms with Crippen molar-refractivity contribution in [3.8, 4) is 5.69 Å². The van der Waals surface area contributed by atoms with Crippen molar-refractivity contribution in [2.24, 2.45) is 0 Å². The number of halogens is 2. The first-order chi connectivity index (χ1) is 7.22. The largest absolute Gasteiger partial charge is 0.313 e. The van der Waals surface area contributed by atoms with E-state index in [1.807, 2.05) is 0 Å². The van der Waals surface area contributed by atoms with E-state index in [4.69, 9.17) is 11.6 Å². The number of nitrogens with zero attached hydrogens (tertiary/aromatic N) is 1.